The smallest absolute Gasteiger partial charge is 0.264 e. The molecule has 0 bridgehead atoms. The van der Waals surface area contributed by atoms with Crippen LogP contribution in [0.3, 0.4) is 0 Å². The third-order valence-corrected chi connectivity index (χ3v) is 5.93. The Bertz CT molecular complexity index is 1340. The molecule has 1 saturated carbocycles. The summed E-state index contributed by atoms with van der Waals surface area (Å²) in [6.45, 7) is 3.89. The van der Waals surface area contributed by atoms with Crippen LogP contribution >= 0.6 is 0 Å². The second-order valence-electron chi connectivity index (χ2n) is 8.46. The van der Waals surface area contributed by atoms with Crippen LogP contribution in [0.15, 0.2) is 47.8 Å². The van der Waals surface area contributed by atoms with Gasteiger partial charge < -0.3 is 5.32 Å². The van der Waals surface area contributed by atoms with Gasteiger partial charge in [0.1, 0.15) is 24.1 Å². The zero-order chi connectivity index (χ0) is 22.2. The molecular weight excluding hydrogens is 406 g/mol. The quantitative estimate of drug-likeness (QED) is 0.523. The highest BCUT2D eigenvalue weighted by atomic mass is 16.2. The van der Waals surface area contributed by atoms with Crippen LogP contribution in [0, 0.1) is 13.8 Å². The zero-order valence-corrected chi connectivity index (χ0v) is 18.2. The molecule has 3 aromatic heterocycles. The predicted molar refractivity (Wildman–Crippen MR) is 121 cm³/mol. The lowest BCUT2D eigenvalue weighted by atomic mass is 10.1. The summed E-state index contributed by atoms with van der Waals surface area (Å²) >= 11 is 0. The Morgan fingerprint density at radius 3 is 2.62 bits per heavy atom. The number of carbonyl (C=O) groups is 1. The summed E-state index contributed by atoms with van der Waals surface area (Å²) in [6.07, 6.45) is 9.08. The predicted octanol–water partition coefficient (Wildman–Crippen LogP) is 3.15. The molecule has 0 aliphatic heterocycles. The molecular formula is C23H25N7O2. The van der Waals surface area contributed by atoms with Gasteiger partial charge in [0.05, 0.1) is 24.1 Å². The van der Waals surface area contributed by atoms with Gasteiger partial charge in [0, 0.05) is 6.07 Å². The van der Waals surface area contributed by atoms with Crippen LogP contribution in [-0.4, -0.2) is 35.0 Å². The molecule has 9 heteroatoms. The molecule has 3 heterocycles. The Morgan fingerprint density at radius 1 is 1.12 bits per heavy atom. The van der Waals surface area contributed by atoms with Crippen molar-refractivity contribution in [1.82, 2.24) is 29.1 Å². The highest BCUT2D eigenvalue weighted by Gasteiger charge is 2.21. The maximum Gasteiger partial charge on any atom is 0.264 e. The number of hydrogen-bond donors (Lipinski definition) is 1. The standard InChI is InChI=1S/C23H25N7O2/c1-15-9-16(2)11-18(10-15)30-22-19(12-26-30)23(32)28(14-24-22)13-21(31)27-20-7-8-25-29(20)17-5-3-4-6-17/h7-12,14,17H,3-6,13H2,1-2H3,(H,27,31). The van der Waals surface area contributed by atoms with Gasteiger partial charge in [0.25, 0.3) is 5.56 Å². The number of nitrogens with zero attached hydrogens (tertiary/aromatic N) is 6. The minimum Gasteiger partial charge on any atom is -0.309 e. The van der Waals surface area contributed by atoms with Crippen LogP contribution in [0.1, 0.15) is 42.9 Å². The van der Waals surface area contributed by atoms with Gasteiger partial charge in [-0.05, 0) is 49.9 Å². The van der Waals surface area contributed by atoms with Crippen LogP contribution in [0.25, 0.3) is 16.7 Å². The molecule has 1 N–H and O–H groups in total. The molecule has 1 fully saturated rings. The van der Waals surface area contributed by atoms with Gasteiger partial charge in [-0.15, -0.1) is 0 Å². The van der Waals surface area contributed by atoms with E-state index >= 15 is 0 Å². The molecule has 0 radical (unpaired) electrons. The fraction of sp³-hybridized carbons (Fsp3) is 0.348. The van der Waals surface area contributed by atoms with Crippen LogP contribution < -0.4 is 10.9 Å². The summed E-state index contributed by atoms with van der Waals surface area (Å²) < 4.78 is 4.84. The van der Waals surface area contributed by atoms with Gasteiger partial charge in [0.2, 0.25) is 5.91 Å². The Morgan fingerprint density at radius 2 is 1.88 bits per heavy atom. The number of aromatic nitrogens is 6. The van der Waals surface area contributed by atoms with Crippen molar-refractivity contribution in [3.8, 4) is 5.69 Å². The first-order chi connectivity index (χ1) is 15.5. The largest absolute Gasteiger partial charge is 0.309 e. The average molecular weight is 432 g/mol. The van der Waals surface area contributed by atoms with Crippen LogP contribution in [0.4, 0.5) is 5.82 Å². The molecule has 1 aromatic carbocycles. The van der Waals surface area contributed by atoms with Crippen molar-refractivity contribution in [3.63, 3.8) is 0 Å². The number of hydrogen-bond acceptors (Lipinski definition) is 5. The average Bonchev–Trinajstić information content (AvgIpc) is 3.49. The number of amides is 1. The second kappa shape index (κ2) is 8.07. The molecule has 32 heavy (non-hydrogen) atoms. The molecule has 4 aromatic rings. The van der Waals surface area contributed by atoms with Crippen molar-refractivity contribution in [2.24, 2.45) is 0 Å². The van der Waals surface area contributed by atoms with E-state index in [-0.39, 0.29) is 18.0 Å². The summed E-state index contributed by atoms with van der Waals surface area (Å²) in [5.74, 6) is 0.362. The summed E-state index contributed by atoms with van der Waals surface area (Å²) in [5, 5.41) is 12.0. The lowest BCUT2D eigenvalue weighted by molar-refractivity contribution is -0.116. The summed E-state index contributed by atoms with van der Waals surface area (Å²) in [5.41, 5.74) is 3.22. The zero-order valence-electron chi connectivity index (χ0n) is 18.2. The first-order valence-corrected chi connectivity index (χ1v) is 10.8. The van der Waals surface area contributed by atoms with E-state index in [1.165, 1.54) is 29.9 Å². The van der Waals surface area contributed by atoms with E-state index in [1.807, 2.05) is 30.7 Å². The maximum atomic E-state index is 13.0. The fourth-order valence-corrected chi connectivity index (χ4v) is 4.51. The van der Waals surface area contributed by atoms with Gasteiger partial charge in [-0.2, -0.15) is 10.2 Å². The number of fused-ring (bicyclic) bond motifs is 1. The van der Waals surface area contributed by atoms with Crippen molar-refractivity contribution < 1.29 is 4.79 Å². The molecule has 9 nitrogen and oxygen atoms in total. The highest BCUT2D eigenvalue weighted by Crippen LogP contribution is 2.31. The number of rotatable bonds is 5. The van der Waals surface area contributed by atoms with Crippen molar-refractivity contribution >= 4 is 22.8 Å². The third-order valence-electron chi connectivity index (χ3n) is 5.93. The van der Waals surface area contributed by atoms with Crippen LogP contribution in [0.5, 0.6) is 0 Å². The first-order valence-electron chi connectivity index (χ1n) is 10.8. The van der Waals surface area contributed by atoms with Gasteiger partial charge >= 0.3 is 0 Å². The lowest BCUT2D eigenvalue weighted by Crippen LogP contribution is -2.28. The first kappa shape index (κ1) is 20.2. The van der Waals surface area contributed by atoms with E-state index in [4.69, 9.17) is 0 Å². The van der Waals surface area contributed by atoms with Crippen LogP contribution in [-0.2, 0) is 11.3 Å². The number of nitrogens with one attached hydrogen (secondary N) is 1. The normalized spacial score (nSPS) is 14.3. The van der Waals surface area contributed by atoms with Crippen molar-refractivity contribution in [3.05, 3.63) is 64.5 Å². The summed E-state index contributed by atoms with van der Waals surface area (Å²) in [4.78, 5) is 30.1. The topological polar surface area (TPSA) is 99.6 Å². The van der Waals surface area contributed by atoms with Crippen molar-refractivity contribution in [2.45, 2.75) is 52.1 Å². The van der Waals surface area contributed by atoms with E-state index in [0.29, 0.717) is 22.9 Å². The molecule has 0 unspecified atom stereocenters. The summed E-state index contributed by atoms with van der Waals surface area (Å²) in [6, 6.07) is 8.17. The van der Waals surface area contributed by atoms with E-state index in [1.54, 1.807) is 16.9 Å². The third kappa shape index (κ3) is 3.70. The molecule has 0 spiro atoms. The Hall–Kier alpha value is -3.75. The van der Waals surface area contributed by atoms with E-state index < -0.39 is 0 Å². The molecule has 0 saturated heterocycles. The molecule has 1 amide bonds. The molecule has 164 valence electrons. The van der Waals surface area contributed by atoms with E-state index in [9.17, 15) is 9.59 Å². The minimum absolute atomic E-state index is 0.133. The van der Waals surface area contributed by atoms with Crippen LogP contribution in [0.2, 0.25) is 0 Å². The molecule has 1 aliphatic carbocycles. The lowest BCUT2D eigenvalue weighted by Gasteiger charge is -2.15. The van der Waals surface area contributed by atoms with E-state index in [2.05, 4.69) is 26.6 Å². The Labute approximate surface area is 184 Å². The second-order valence-corrected chi connectivity index (χ2v) is 8.46. The minimum atomic E-state index is -0.301. The van der Waals surface area contributed by atoms with E-state index in [0.717, 1.165) is 29.7 Å². The Balaban J connectivity index is 1.39. The molecule has 5 rings (SSSR count). The van der Waals surface area contributed by atoms with Gasteiger partial charge in [0.15, 0.2) is 5.65 Å². The highest BCUT2D eigenvalue weighted by molar-refractivity contribution is 5.89. The summed E-state index contributed by atoms with van der Waals surface area (Å²) in [7, 11) is 0. The number of aryl methyl sites for hydroxylation is 2. The van der Waals surface area contributed by atoms with Gasteiger partial charge in [-0.1, -0.05) is 18.9 Å². The number of benzene rings is 1. The molecule has 0 atom stereocenters. The number of carbonyl (C=O) groups excluding carboxylic acids is 1. The van der Waals surface area contributed by atoms with Gasteiger partial charge in [-0.25, -0.2) is 14.3 Å². The number of anilines is 1. The Kier molecular flexibility index (Phi) is 5.08. The monoisotopic (exact) mass is 431 g/mol. The van der Waals surface area contributed by atoms with Gasteiger partial charge in [-0.3, -0.25) is 14.2 Å². The van der Waals surface area contributed by atoms with Crippen molar-refractivity contribution in [1.29, 1.82) is 0 Å². The maximum absolute atomic E-state index is 13.0. The van der Waals surface area contributed by atoms with Crippen molar-refractivity contribution in [2.75, 3.05) is 5.32 Å². The molecule has 1 aliphatic rings. The fourth-order valence-electron chi connectivity index (χ4n) is 4.51. The SMILES string of the molecule is Cc1cc(C)cc(-n2ncc3c(=O)n(CC(=O)Nc4ccnn4C4CCCC4)cnc32)c1.